The topological polar surface area (TPSA) is 56.1 Å². The molecule has 0 aliphatic carbocycles. The van der Waals surface area contributed by atoms with Crippen molar-refractivity contribution in [2.75, 3.05) is 45.3 Å². The van der Waals surface area contributed by atoms with Crippen LogP contribution in [0.3, 0.4) is 0 Å². The average Bonchev–Trinajstić information content (AvgIpc) is 3.11. The number of hydrogen-bond acceptors (Lipinski definition) is 5. The Morgan fingerprint density at radius 3 is 2.62 bits per heavy atom. The minimum Gasteiger partial charge on any atom is -0.486 e. The van der Waals surface area contributed by atoms with E-state index in [1.165, 1.54) is 16.2 Å². The van der Waals surface area contributed by atoms with Crippen LogP contribution < -0.4 is 19.3 Å². The number of nitrogens with zero attached hydrogens (tertiary/aromatic N) is 2. The minimum absolute atomic E-state index is 0.00632. The standard InChI is InChI=1S/C22H25N3O3S/c1-15-7-4-5-8-16(15)21(26)25(10-6-9-24(2)3)22-23-17-13-18-19(14-20(17)29-22)28-12-11-27-18/h4-5,7-8,13-14H,6,9-12H2,1-3H3/p+1. The van der Waals surface area contributed by atoms with Gasteiger partial charge in [-0.2, -0.15) is 0 Å². The van der Waals surface area contributed by atoms with E-state index in [0.29, 0.717) is 30.6 Å². The van der Waals surface area contributed by atoms with Gasteiger partial charge >= 0.3 is 0 Å². The van der Waals surface area contributed by atoms with Crippen LogP contribution in [-0.2, 0) is 0 Å². The molecule has 7 heteroatoms. The van der Waals surface area contributed by atoms with E-state index < -0.39 is 0 Å². The molecule has 1 amide bonds. The van der Waals surface area contributed by atoms with Gasteiger partial charge in [-0.25, -0.2) is 4.98 Å². The lowest BCUT2D eigenvalue weighted by atomic mass is 10.1. The van der Waals surface area contributed by atoms with Crippen molar-refractivity contribution in [1.82, 2.24) is 4.98 Å². The fourth-order valence-corrected chi connectivity index (χ4v) is 4.40. The second-order valence-electron chi connectivity index (χ2n) is 7.54. The predicted octanol–water partition coefficient (Wildman–Crippen LogP) is 2.56. The molecule has 0 atom stereocenters. The summed E-state index contributed by atoms with van der Waals surface area (Å²) in [5.74, 6) is 1.45. The molecule has 1 N–H and O–H groups in total. The summed E-state index contributed by atoms with van der Waals surface area (Å²) in [5, 5.41) is 0.712. The largest absolute Gasteiger partial charge is 0.486 e. The van der Waals surface area contributed by atoms with Crippen LogP contribution in [0.15, 0.2) is 36.4 Å². The molecule has 1 aromatic heterocycles. The number of hydrogen-bond donors (Lipinski definition) is 1. The molecule has 0 saturated heterocycles. The first kappa shape index (κ1) is 19.7. The van der Waals surface area contributed by atoms with Crippen LogP contribution in [0.25, 0.3) is 10.2 Å². The Morgan fingerprint density at radius 1 is 1.17 bits per heavy atom. The van der Waals surface area contributed by atoms with Crippen LogP contribution in [0, 0.1) is 6.92 Å². The molecule has 1 aliphatic heterocycles. The lowest BCUT2D eigenvalue weighted by Gasteiger charge is -2.21. The van der Waals surface area contributed by atoms with Crippen molar-refractivity contribution < 1.29 is 19.2 Å². The first-order valence-corrected chi connectivity index (χ1v) is 10.7. The Labute approximate surface area is 174 Å². The molecular weight excluding hydrogens is 386 g/mol. The fraction of sp³-hybridized carbons (Fsp3) is 0.364. The first-order chi connectivity index (χ1) is 14.0. The maximum atomic E-state index is 13.4. The number of benzene rings is 2. The van der Waals surface area contributed by atoms with E-state index >= 15 is 0 Å². The molecule has 6 nitrogen and oxygen atoms in total. The summed E-state index contributed by atoms with van der Waals surface area (Å²) >= 11 is 1.52. The third kappa shape index (κ3) is 4.21. The number of rotatable bonds is 6. The zero-order chi connectivity index (χ0) is 20.4. The van der Waals surface area contributed by atoms with Gasteiger partial charge < -0.3 is 14.4 Å². The van der Waals surface area contributed by atoms with Gasteiger partial charge in [0.15, 0.2) is 16.6 Å². The number of aromatic nitrogens is 1. The molecule has 1 aliphatic rings. The highest BCUT2D eigenvalue weighted by molar-refractivity contribution is 7.22. The van der Waals surface area contributed by atoms with Crippen LogP contribution in [0.1, 0.15) is 22.3 Å². The highest BCUT2D eigenvalue weighted by Gasteiger charge is 2.24. The van der Waals surface area contributed by atoms with Crippen molar-refractivity contribution in [3.8, 4) is 11.5 Å². The van der Waals surface area contributed by atoms with Crippen LogP contribution in [-0.4, -0.2) is 51.3 Å². The minimum atomic E-state index is -0.00632. The maximum absolute atomic E-state index is 13.4. The monoisotopic (exact) mass is 412 g/mol. The Hall–Kier alpha value is -2.64. The summed E-state index contributed by atoms with van der Waals surface area (Å²) in [6, 6.07) is 11.6. The predicted molar refractivity (Wildman–Crippen MR) is 116 cm³/mol. The number of carbonyl (C=O) groups excluding carboxylic acids is 1. The summed E-state index contributed by atoms with van der Waals surface area (Å²) in [7, 11) is 4.24. The Bertz CT molecular complexity index is 988. The highest BCUT2D eigenvalue weighted by atomic mass is 32.1. The summed E-state index contributed by atoms with van der Waals surface area (Å²) in [6.07, 6.45) is 0.901. The van der Waals surface area contributed by atoms with E-state index in [-0.39, 0.29) is 5.91 Å². The number of ether oxygens (including phenoxy) is 2. The number of thiazole rings is 1. The molecule has 152 valence electrons. The second-order valence-corrected chi connectivity index (χ2v) is 8.55. The van der Waals surface area contributed by atoms with Gasteiger partial charge in [0, 0.05) is 30.7 Å². The van der Waals surface area contributed by atoms with Gasteiger partial charge in [0.25, 0.3) is 5.91 Å². The van der Waals surface area contributed by atoms with Crippen molar-refractivity contribution in [3.63, 3.8) is 0 Å². The van der Waals surface area contributed by atoms with E-state index in [2.05, 4.69) is 14.1 Å². The van der Waals surface area contributed by atoms with E-state index in [1.807, 2.05) is 48.2 Å². The van der Waals surface area contributed by atoms with Crippen LogP contribution in [0.4, 0.5) is 5.13 Å². The van der Waals surface area contributed by atoms with Crippen LogP contribution in [0.2, 0.25) is 0 Å². The van der Waals surface area contributed by atoms with E-state index in [0.717, 1.165) is 40.1 Å². The second kappa shape index (κ2) is 8.39. The summed E-state index contributed by atoms with van der Waals surface area (Å²) < 4.78 is 12.4. The fourth-order valence-electron chi connectivity index (χ4n) is 3.40. The SMILES string of the molecule is Cc1ccccc1C(=O)N(CCC[NH+](C)C)c1nc2cc3c(cc2s1)OCCO3. The zero-order valence-corrected chi connectivity index (χ0v) is 17.8. The van der Waals surface area contributed by atoms with Gasteiger partial charge in [-0.15, -0.1) is 0 Å². The third-order valence-corrected chi connectivity index (χ3v) is 5.99. The highest BCUT2D eigenvalue weighted by Crippen LogP contribution is 2.39. The maximum Gasteiger partial charge on any atom is 0.260 e. The number of carbonyl (C=O) groups is 1. The number of nitrogens with one attached hydrogen (secondary N) is 1. The molecule has 29 heavy (non-hydrogen) atoms. The van der Waals surface area contributed by atoms with Gasteiger partial charge in [-0.3, -0.25) is 9.69 Å². The normalized spacial score (nSPS) is 13.1. The number of fused-ring (bicyclic) bond motifs is 2. The first-order valence-electron chi connectivity index (χ1n) is 9.89. The van der Waals surface area contributed by atoms with E-state index in [4.69, 9.17) is 14.5 Å². The number of amides is 1. The molecule has 0 spiro atoms. The van der Waals surface area contributed by atoms with Crippen LogP contribution >= 0.6 is 11.3 Å². The van der Waals surface area contributed by atoms with Gasteiger partial charge in [-0.1, -0.05) is 29.5 Å². The summed E-state index contributed by atoms with van der Waals surface area (Å²) in [4.78, 5) is 21.4. The molecule has 3 aromatic rings. The molecule has 0 radical (unpaired) electrons. The van der Waals surface area contributed by atoms with Gasteiger partial charge in [-0.05, 0) is 18.6 Å². The van der Waals surface area contributed by atoms with Crippen molar-refractivity contribution in [2.24, 2.45) is 0 Å². The van der Waals surface area contributed by atoms with Crippen molar-refractivity contribution in [3.05, 3.63) is 47.5 Å². The van der Waals surface area contributed by atoms with Crippen molar-refractivity contribution in [1.29, 1.82) is 0 Å². The van der Waals surface area contributed by atoms with Crippen molar-refractivity contribution in [2.45, 2.75) is 13.3 Å². The molecule has 2 aromatic carbocycles. The molecule has 0 fully saturated rings. The van der Waals surface area contributed by atoms with Crippen molar-refractivity contribution >= 4 is 32.6 Å². The number of aryl methyl sites for hydroxylation is 1. The lowest BCUT2D eigenvalue weighted by Crippen LogP contribution is -3.05. The summed E-state index contributed by atoms with van der Waals surface area (Å²) in [6.45, 7) is 4.68. The average molecular weight is 413 g/mol. The zero-order valence-electron chi connectivity index (χ0n) is 17.0. The molecule has 0 saturated carbocycles. The van der Waals surface area contributed by atoms with Gasteiger partial charge in [0.05, 0.1) is 30.9 Å². The van der Waals surface area contributed by atoms with Gasteiger partial charge in [0.1, 0.15) is 13.2 Å². The molecule has 0 unspecified atom stereocenters. The van der Waals surface area contributed by atoms with Gasteiger partial charge in [0.2, 0.25) is 0 Å². The number of anilines is 1. The summed E-state index contributed by atoms with van der Waals surface area (Å²) in [5.41, 5.74) is 2.52. The quantitative estimate of drug-likeness (QED) is 0.676. The molecule has 4 rings (SSSR count). The third-order valence-electron chi connectivity index (χ3n) is 4.95. The van der Waals surface area contributed by atoms with Crippen LogP contribution in [0.5, 0.6) is 11.5 Å². The molecule has 2 heterocycles. The Balaban J connectivity index is 1.70. The van der Waals surface area contributed by atoms with E-state index in [9.17, 15) is 4.79 Å². The lowest BCUT2D eigenvalue weighted by molar-refractivity contribution is -0.858. The smallest absolute Gasteiger partial charge is 0.260 e. The Morgan fingerprint density at radius 2 is 1.90 bits per heavy atom. The molecular formula is C22H26N3O3S+. The van der Waals surface area contributed by atoms with E-state index in [1.54, 1.807) is 0 Å². The Kier molecular flexibility index (Phi) is 5.69. The number of quaternary nitrogens is 1. The molecule has 0 bridgehead atoms.